The molecule has 1 heterocycles. The van der Waals surface area contributed by atoms with E-state index < -0.39 is 4.92 Å². The molecule has 9 heteroatoms. The molecule has 0 atom stereocenters. The predicted molar refractivity (Wildman–Crippen MR) is 69.9 cm³/mol. The van der Waals surface area contributed by atoms with E-state index in [2.05, 4.69) is 22.1 Å². The molecule has 2 rings (SSSR count). The Balaban J connectivity index is 2.34. The fourth-order valence-electron chi connectivity index (χ4n) is 1.41. The summed E-state index contributed by atoms with van der Waals surface area (Å²) in [6, 6.07) is 6.00. The van der Waals surface area contributed by atoms with Crippen LogP contribution in [0.1, 0.15) is 5.56 Å². The molecule has 0 aliphatic heterocycles. The van der Waals surface area contributed by atoms with Gasteiger partial charge < -0.3 is 0 Å². The van der Waals surface area contributed by atoms with Crippen LogP contribution in [0.15, 0.2) is 40.9 Å². The van der Waals surface area contributed by atoms with E-state index in [0.717, 1.165) is 0 Å². The van der Waals surface area contributed by atoms with Gasteiger partial charge in [0.1, 0.15) is 6.07 Å². The Kier molecular flexibility index (Phi) is 4.07. The molecule has 0 aliphatic carbocycles. The highest BCUT2D eigenvalue weighted by Crippen LogP contribution is 2.30. The van der Waals surface area contributed by atoms with Gasteiger partial charge >= 0.3 is 0 Å². The van der Waals surface area contributed by atoms with E-state index in [1.54, 1.807) is 6.08 Å². The largest absolute Gasteiger partial charge is 0.270 e. The summed E-state index contributed by atoms with van der Waals surface area (Å²) in [5.74, 6) is 0. The number of tetrazole rings is 1. The molecule has 2 aromatic rings. The summed E-state index contributed by atoms with van der Waals surface area (Å²) in [6.07, 6.45) is 1.64. The average molecular weight is 288 g/mol. The number of nitro groups is 1. The van der Waals surface area contributed by atoms with E-state index in [-0.39, 0.29) is 11.3 Å². The molecule has 0 fully saturated rings. The van der Waals surface area contributed by atoms with Crippen LogP contribution in [0.25, 0.3) is 0 Å². The molecule has 0 bridgehead atoms. The van der Waals surface area contributed by atoms with Crippen molar-refractivity contribution in [2.45, 2.75) is 16.6 Å². The molecule has 0 saturated heterocycles. The number of hydrogen-bond donors (Lipinski definition) is 0. The lowest BCUT2D eigenvalue weighted by molar-refractivity contribution is -0.384. The van der Waals surface area contributed by atoms with Crippen LogP contribution in [-0.4, -0.2) is 25.1 Å². The second-order valence-corrected chi connectivity index (χ2v) is 4.59. The smallest absolute Gasteiger partial charge is 0.258 e. The van der Waals surface area contributed by atoms with Gasteiger partial charge in [-0.1, -0.05) is 6.08 Å². The Bertz CT molecular complexity index is 705. The molecule has 100 valence electrons. The first kappa shape index (κ1) is 13.7. The maximum atomic E-state index is 10.7. The lowest BCUT2D eigenvalue weighted by Crippen LogP contribution is -2.00. The first-order valence-corrected chi connectivity index (χ1v) is 6.21. The summed E-state index contributed by atoms with van der Waals surface area (Å²) >= 11 is 1.17. The van der Waals surface area contributed by atoms with Crippen LogP contribution in [0.5, 0.6) is 0 Å². The summed E-state index contributed by atoms with van der Waals surface area (Å²) < 4.78 is 1.51. The van der Waals surface area contributed by atoms with Crippen molar-refractivity contribution in [3.05, 3.63) is 46.5 Å². The summed E-state index contributed by atoms with van der Waals surface area (Å²) in [7, 11) is 0. The minimum absolute atomic E-state index is 0.128. The third kappa shape index (κ3) is 2.81. The van der Waals surface area contributed by atoms with Crippen LogP contribution < -0.4 is 0 Å². The molecule has 8 nitrogen and oxygen atoms in total. The molecular formula is C11H8N6O2S. The first-order chi connectivity index (χ1) is 9.65. The van der Waals surface area contributed by atoms with E-state index in [9.17, 15) is 10.1 Å². The zero-order chi connectivity index (χ0) is 14.5. The Morgan fingerprint density at radius 3 is 3.05 bits per heavy atom. The standard InChI is InChI=1S/C11H8N6O2S/c1-2-5-16-11(13-14-15-16)20-10-4-3-9(17(18)19)6-8(10)7-12/h2-4,6H,1,5H2. The number of benzene rings is 1. The van der Waals surface area contributed by atoms with Crippen molar-refractivity contribution in [1.29, 1.82) is 5.26 Å². The SMILES string of the molecule is C=CCn1nnnc1Sc1ccc([N+](=O)[O-])cc1C#N. The van der Waals surface area contributed by atoms with Gasteiger partial charge in [0.2, 0.25) is 5.16 Å². The molecule has 1 aromatic carbocycles. The van der Waals surface area contributed by atoms with Crippen LogP contribution >= 0.6 is 11.8 Å². The third-order valence-electron chi connectivity index (χ3n) is 2.30. The first-order valence-electron chi connectivity index (χ1n) is 5.39. The van der Waals surface area contributed by atoms with E-state index in [1.165, 1.54) is 34.6 Å². The molecule has 0 spiro atoms. The molecule has 0 unspecified atom stereocenters. The van der Waals surface area contributed by atoms with Gasteiger partial charge in [0, 0.05) is 17.0 Å². The Labute approximate surface area is 117 Å². The molecule has 0 aliphatic rings. The highest BCUT2D eigenvalue weighted by molar-refractivity contribution is 7.99. The fourth-order valence-corrected chi connectivity index (χ4v) is 2.25. The minimum Gasteiger partial charge on any atom is -0.258 e. The van der Waals surface area contributed by atoms with Gasteiger partial charge in [0.25, 0.3) is 5.69 Å². The number of nitrogens with zero attached hydrogens (tertiary/aromatic N) is 6. The predicted octanol–water partition coefficient (Wildman–Crippen LogP) is 1.79. The topological polar surface area (TPSA) is 111 Å². The average Bonchev–Trinajstić information content (AvgIpc) is 2.87. The second-order valence-electron chi connectivity index (χ2n) is 3.58. The van der Waals surface area contributed by atoms with Crippen molar-refractivity contribution in [2.75, 3.05) is 0 Å². The quantitative estimate of drug-likeness (QED) is 0.468. The number of allylic oxidation sites excluding steroid dienone is 1. The van der Waals surface area contributed by atoms with E-state index in [0.29, 0.717) is 16.6 Å². The van der Waals surface area contributed by atoms with Crippen LogP contribution in [0.3, 0.4) is 0 Å². The zero-order valence-corrected chi connectivity index (χ0v) is 10.9. The summed E-state index contributed by atoms with van der Waals surface area (Å²) in [6.45, 7) is 4.03. The van der Waals surface area contributed by atoms with Gasteiger partial charge in [-0.2, -0.15) is 5.26 Å². The van der Waals surface area contributed by atoms with Gasteiger partial charge in [-0.05, 0) is 28.3 Å². The van der Waals surface area contributed by atoms with Crippen LogP contribution in [0.2, 0.25) is 0 Å². The van der Waals surface area contributed by atoms with Gasteiger partial charge in [-0.15, -0.1) is 11.7 Å². The summed E-state index contributed by atoms with van der Waals surface area (Å²) in [4.78, 5) is 10.7. The molecule has 1 aromatic heterocycles. The van der Waals surface area contributed by atoms with Crippen LogP contribution in [0, 0.1) is 21.4 Å². The number of aromatic nitrogens is 4. The maximum absolute atomic E-state index is 10.7. The van der Waals surface area contributed by atoms with Crippen LogP contribution in [-0.2, 0) is 6.54 Å². The van der Waals surface area contributed by atoms with Crippen molar-refractivity contribution >= 4 is 17.4 Å². The highest BCUT2D eigenvalue weighted by atomic mass is 32.2. The molecule has 0 amide bonds. The van der Waals surface area contributed by atoms with Gasteiger partial charge in [-0.3, -0.25) is 10.1 Å². The zero-order valence-electron chi connectivity index (χ0n) is 10.1. The van der Waals surface area contributed by atoms with E-state index in [4.69, 9.17) is 5.26 Å². The molecular weight excluding hydrogens is 280 g/mol. The van der Waals surface area contributed by atoms with Crippen molar-refractivity contribution in [1.82, 2.24) is 20.2 Å². The fraction of sp³-hybridized carbons (Fsp3) is 0.0909. The number of nitriles is 1. The lowest BCUT2D eigenvalue weighted by Gasteiger charge is -2.03. The van der Waals surface area contributed by atoms with Gasteiger partial charge in [-0.25, -0.2) is 4.68 Å². The van der Waals surface area contributed by atoms with E-state index >= 15 is 0 Å². The third-order valence-corrected chi connectivity index (χ3v) is 3.35. The minimum atomic E-state index is -0.545. The molecule has 0 saturated carbocycles. The number of hydrogen-bond acceptors (Lipinski definition) is 7. The number of nitro benzene ring substituents is 1. The van der Waals surface area contributed by atoms with Gasteiger partial charge in [0.05, 0.1) is 17.0 Å². The van der Waals surface area contributed by atoms with Crippen molar-refractivity contribution < 1.29 is 4.92 Å². The monoisotopic (exact) mass is 288 g/mol. The highest BCUT2D eigenvalue weighted by Gasteiger charge is 2.14. The van der Waals surface area contributed by atoms with Crippen molar-refractivity contribution in [3.63, 3.8) is 0 Å². The summed E-state index contributed by atoms with van der Waals surface area (Å²) in [5, 5.41) is 31.4. The Hall–Kier alpha value is -2.73. The van der Waals surface area contributed by atoms with Crippen LogP contribution in [0.4, 0.5) is 5.69 Å². The molecule has 0 radical (unpaired) electrons. The maximum Gasteiger partial charge on any atom is 0.270 e. The molecule has 20 heavy (non-hydrogen) atoms. The van der Waals surface area contributed by atoms with Gasteiger partial charge in [0.15, 0.2) is 0 Å². The normalized spacial score (nSPS) is 9.95. The second kappa shape index (κ2) is 5.94. The van der Waals surface area contributed by atoms with Crippen molar-refractivity contribution in [3.8, 4) is 6.07 Å². The van der Waals surface area contributed by atoms with E-state index in [1.807, 2.05) is 6.07 Å². The molecule has 0 N–H and O–H groups in total. The van der Waals surface area contributed by atoms with Crippen molar-refractivity contribution in [2.24, 2.45) is 0 Å². The Morgan fingerprint density at radius 2 is 2.40 bits per heavy atom. The summed E-state index contributed by atoms with van der Waals surface area (Å²) in [5.41, 5.74) is 0.0777. The lowest BCUT2D eigenvalue weighted by atomic mass is 10.2. The number of non-ortho nitro benzene ring substituents is 1. The number of rotatable bonds is 5. The Morgan fingerprint density at radius 1 is 1.60 bits per heavy atom.